The fourth-order valence-electron chi connectivity index (χ4n) is 2.42. The maximum Gasteiger partial charge on any atom is 0.502 e. The van der Waals surface area contributed by atoms with E-state index in [9.17, 15) is 0 Å². The highest BCUT2D eigenvalue weighted by molar-refractivity contribution is 6.60. The summed E-state index contributed by atoms with van der Waals surface area (Å²) < 4.78 is 22.9. The maximum absolute atomic E-state index is 6.17. The SMILES string of the molecule is COC1(c2ccccc2)CCC[Si](OC)(OC)O1. The Labute approximate surface area is 109 Å². The standard InChI is InChI=1S/C13H20O4Si/c1-14-13(12-8-5-4-6-9-12)10-7-11-18(15-2,16-3)17-13/h4-6,8-9H,7,10-11H2,1-3H3. The molecule has 1 aromatic rings. The van der Waals surface area contributed by atoms with Gasteiger partial charge in [0, 0.05) is 39.4 Å². The van der Waals surface area contributed by atoms with Gasteiger partial charge < -0.3 is 18.0 Å². The van der Waals surface area contributed by atoms with Gasteiger partial charge in [0.2, 0.25) is 0 Å². The van der Waals surface area contributed by atoms with E-state index >= 15 is 0 Å². The van der Waals surface area contributed by atoms with Gasteiger partial charge in [-0.15, -0.1) is 0 Å². The molecule has 100 valence electrons. The van der Waals surface area contributed by atoms with Crippen molar-refractivity contribution < 1.29 is 18.0 Å². The number of rotatable bonds is 4. The lowest BCUT2D eigenvalue weighted by molar-refractivity contribution is -0.215. The minimum atomic E-state index is -2.59. The van der Waals surface area contributed by atoms with E-state index in [-0.39, 0.29) is 0 Å². The summed E-state index contributed by atoms with van der Waals surface area (Å²) in [7, 11) is 2.37. The lowest BCUT2D eigenvalue weighted by Crippen LogP contribution is -2.54. The number of methoxy groups -OCH3 is 1. The molecule has 2 rings (SSSR count). The average Bonchev–Trinajstić information content (AvgIpc) is 2.48. The molecule has 4 nitrogen and oxygen atoms in total. The molecule has 0 aliphatic carbocycles. The third-order valence-electron chi connectivity index (χ3n) is 3.47. The normalized spacial score (nSPS) is 27.1. The third-order valence-corrected chi connectivity index (χ3v) is 6.33. The van der Waals surface area contributed by atoms with Gasteiger partial charge in [0.15, 0.2) is 5.79 Å². The topological polar surface area (TPSA) is 36.9 Å². The summed E-state index contributed by atoms with van der Waals surface area (Å²) in [4.78, 5) is 0. The number of hydrogen-bond acceptors (Lipinski definition) is 4. The second kappa shape index (κ2) is 5.50. The van der Waals surface area contributed by atoms with Crippen LogP contribution in [0.2, 0.25) is 6.04 Å². The summed E-state index contributed by atoms with van der Waals surface area (Å²) in [6.45, 7) is 0. The third kappa shape index (κ3) is 2.37. The first-order chi connectivity index (χ1) is 8.70. The molecule has 0 spiro atoms. The fraction of sp³-hybridized carbons (Fsp3) is 0.538. The molecule has 0 radical (unpaired) electrons. The van der Waals surface area contributed by atoms with E-state index in [1.807, 2.05) is 30.3 Å². The predicted octanol–water partition coefficient (Wildman–Crippen LogP) is 2.53. The van der Waals surface area contributed by atoms with Crippen LogP contribution < -0.4 is 0 Å². The lowest BCUT2D eigenvalue weighted by atomic mass is 10.0. The van der Waals surface area contributed by atoms with Crippen LogP contribution in [0.1, 0.15) is 18.4 Å². The largest absolute Gasteiger partial charge is 0.502 e. The van der Waals surface area contributed by atoms with Crippen LogP contribution in [0.3, 0.4) is 0 Å². The molecule has 1 saturated heterocycles. The molecule has 1 heterocycles. The van der Waals surface area contributed by atoms with Crippen molar-refractivity contribution in [3.63, 3.8) is 0 Å². The van der Waals surface area contributed by atoms with E-state index in [0.29, 0.717) is 0 Å². The number of ether oxygens (including phenoxy) is 1. The van der Waals surface area contributed by atoms with Gasteiger partial charge in [-0.05, 0) is 6.42 Å². The summed E-state index contributed by atoms with van der Waals surface area (Å²) >= 11 is 0. The van der Waals surface area contributed by atoms with E-state index in [1.54, 1.807) is 21.3 Å². The van der Waals surface area contributed by atoms with Crippen LogP contribution in [0, 0.1) is 0 Å². The first-order valence-electron chi connectivity index (χ1n) is 6.11. The Hall–Kier alpha value is -0.723. The molecule has 0 N–H and O–H groups in total. The summed E-state index contributed by atoms with van der Waals surface area (Å²) in [6, 6.07) is 10.8. The van der Waals surface area contributed by atoms with Crippen LogP contribution in [0.5, 0.6) is 0 Å². The van der Waals surface area contributed by atoms with Gasteiger partial charge >= 0.3 is 8.80 Å². The first-order valence-corrected chi connectivity index (χ1v) is 8.05. The zero-order chi connectivity index (χ0) is 13.1. The van der Waals surface area contributed by atoms with Crippen molar-refractivity contribution in [2.24, 2.45) is 0 Å². The van der Waals surface area contributed by atoms with Gasteiger partial charge in [-0.25, -0.2) is 0 Å². The highest BCUT2D eigenvalue weighted by atomic mass is 28.4. The van der Waals surface area contributed by atoms with Gasteiger partial charge in [0.25, 0.3) is 0 Å². The Morgan fingerprint density at radius 2 is 1.78 bits per heavy atom. The smallest absolute Gasteiger partial charge is 0.377 e. The van der Waals surface area contributed by atoms with Crippen molar-refractivity contribution in [2.45, 2.75) is 24.7 Å². The Morgan fingerprint density at radius 3 is 2.33 bits per heavy atom. The molecule has 0 amide bonds. The molecular weight excluding hydrogens is 248 g/mol. The summed E-state index contributed by atoms with van der Waals surface area (Å²) in [5, 5.41) is 0. The maximum atomic E-state index is 6.17. The monoisotopic (exact) mass is 268 g/mol. The van der Waals surface area contributed by atoms with Crippen LogP contribution >= 0.6 is 0 Å². The van der Waals surface area contributed by atoms with Crippen molar-refractivity contribution in [1.82, 2.24) is 0 Å². The predicted molar refractivity (Wildman–Crippen MR) is 70.0 cm³/mol. The van der Waals surface area contributed by atoms with Gasteiger partial charge in [-0.3, -0.25) is 0 Å². The number of benzene rings is 1. The molecule has 1 atom stereocenters. The van der Waals surface area contributed by atoms with Crippen LogP contribution in [0.4, 0.5) is 0 Å². The molecule has 0 bridgehead atoms. The Bertz CT molecular complexity index is 380. The van der Waals surface area contributed by atoms with E-state index in [0.717, 1.165) is 24.4 Å². The highest BCUT2D eigenvalue weighted by Crippen LogP contribution is 2.41. The Balaban J connectivity index is 2.33. The van der Waals surface area contributed by atoms with Gasteiger partial charge in [0.1, 0.15) is 0 Å². The Morgan fingerprint density at radius 1 is 1.11 bits per heavy atom. The first kappa shape index (κ1) is 13.7. The molecule has 1 unspecified atom stereocenters. The Kier molecular flexibility index (Phi) is 4.19. The molecular formula is C13H20O4Si. The van der Waals surface area contributed by atoms with Gasteiger partial charge in [0.05, 0.1) is 0 Å². The molecule has 1 aliphatic heterocycles. The molecule has 0 saturated carbocycles. The second-order valence-electron chi connectivity index (χ2n) is 4.37. The van der Waals surface area contributed by atoms with Crippen molar-refractivity contribution in [2.75, 3.05) is 21.3 Å². The molecule has 1 fully saturated rings. The minimum Gasteiger partial charge on any atom is -0.377 e. The quantitative estimate of drug-likeness (QED) is 0.786. The average molecular weight is 268 g/mol. The van der Waals surface area contributed by atoms with Crippen molar-refractivity contribution >= 4 is 8.80 Å². The fourth-order valence-corrected chi connectivity index (χ4v) is 4.68. The van der Waals surface area contributed by atoms with Crippen LogP contribution in [-0.4, -0.2) is 30.1 Å². The van der Waals surface area contributed by atoms with Crippen molar-refractivity contribution in [3.05, 3.63) is 35.9 Å². The van der Waals surface area contributed by atoms with Gasteiger partial charge in [-0.1, -0.05) is 30.3 Å². The van der Waals surface area contributed by atoms with Crippen LogP contribution in [0.25, 0.3) is 0 Å². The minimum absolute atomic E-state index is 0.738. The molecule has 18 heavy (non-hydrogen) atoms. The van der Waals surface area contributed by atoms with Gasteiger partial charge in [-0.2, -0.15) is 0 Å². The molecule has 1 aliphatic rings. The summed E-state index contributed by atoms with van der Waals surface area (Å²) in [5.41, 5.74) is 1.01. The number of hydrogen-bond donors (Lipinski definition) is 0. The van der Waals surface area contributed by atoms with Crippen molar-refractivity contribution in [3.8, 4) is 0 Å². The van der Waals surface area contributed by atoms with Crippen molar-refractivity contribution in [1.29, 1.82) is 0 Å². The van der Waals surface area contributed by atoms with E-state index in [4.69, 9.17) is 18.0 Å². The van der Waals surface area contributed by atoms with Crippen LogP contribution in [-0.2, 0) is 23.8 Å². The zero-order valence-corrected chi connectivity index (χ0v) is 12.1. The molecule has 5 heteroatoms. The summed E-state index contributed by atoms with van der Waals surface area (Å²) in [6.07, 6.45) is 1.78. The molecule has 1 aromatic carbocycles. The van der Waals surface area contributed by atoms with E-state index in [1.165, 1.54) is 0 Å². The summed E-state index contributed by atoms with van der Waals surface area (Å²) in [5.74, 6) is -0.738. The molecule has 0 aromatic heterocycles. The second-order valence-corrected chi connectivity index (χ2v) is 7.26. The zero-order valence-electron chi connectivity index (χ0n) is 11.1. The van der Waals surface area contributed by atoms with Crippen LogP contribution in [0.15, 0.2) is 30.3 Å². The van der Waals surface area contributed by atoms with E-state index < -0.39 is 14.6 Å². The van der Waals surface area contributed by atoms with E-state index in [2.05, 4.69) is 0 Å². The highest BCUT2D eigenvalue weighted by Gasteiger charge is 2.52. The lowest BCUT2D eigenvalue weighted by Gasteiger charge is -2.43.